The standard InChI is InChI=1S/C15H23NO3/c1-3-4-7-13(11-19-2)16-15(18)10-12-6-5-8-14(17)9-12/h5-6,8-9,13,17H,3-4,7,10-11H2,1-2H3,(H,16,18). The molecule has 1 rings (SSSR count). The minimum Gasteiger partial charge on any atom is -0.508 e. The minimum absolute atomic E-state index is 0.0382. The highest BCUT2D eigenvalue weighted by atomic mass is 16.5. The lowest BCUT2D eigenvalue weighted by atomic mass is 10.1. The van der Waals surface area contributed by atoms with Crippen molar-refractivity contribution in [1.29, 1.82) is 0 Å². The fourth-order valence-electron chi connectivity index (χ4n) is 1.98. The van der Waals surface area contributed by atoms with Crippen molar-refractivity contribution in [1.82, 2.24) is 5.32 Å². The van der Waals surface area contributed by atoms with Crippen LogP contribution in [0.2, 0.25) is 0 Å². The summed E-state index contributed by atoms with van der Waals surface area (Å²) in [6, 6.07) is 6.83. The number of carbonyl (C=O) groups is 1. The molecule has 1 amide bonds. The number of hydrogen-bond acceptors (Lipinski definition) is 3. The molecular formula is C15H23NO3. The molecule has 1 aromatic carbocycles. The first kappa shape index (κ1) is 15.5. The van der Waals surface area contributed by atoms with Gasteiger partial charge in [0.2, 0.25) is 5.91 Å². The van der Waals surface area contributed by atoms with Crippen molar-refractivity contribution in [2.45, 2.75) is 38.6 Å². The van der Waals surface area contributed by atoms with E-state index in [2.05, 4.69) is 12.2 Å². The highest BCUT2D eigenvalue weighted by Gasteiger charge is 2.12. The molecule has 0 aromatic heterocycles. The average molecular weight is 265 g/mol. The van der Waals surface area contributed by atoms with Gasteiger partial charge in [0, 0.05) is 7.11 Å². The topological polar surface area (TPSA) is 58.6 Å². The van der Waals surface area contributed by atoms with Gasteiger partial charge in [-0.3, -0.25) is 4.79 Å². The Kier molecular flexibility index (Phi) is 6.97. The number of nitrogens with one attached hydrogen (secondary N) is 1. The molecule has 0 saturated heterocycles. The van der Waals surface area contributed by atoms with Gasteiger partial charge in [0.05, 0.1) is 19.1 Å². The third kappa shape index (κ3) is 6.25. The molecule has 0 aliphatic rings. The van der Waals surface area contributed by atoms with Crippen molar-refractivity contribution < 1.29 is 14.6 Å². The van der Waals surface area contributed by atoms with E-state index >= 15 is 0 Å². The summed E-state index contributed by atoms with van der Waals surface area (Å²) in [5.74, 6) is 0.147. The third-order valence-electron chi connectivity index (χ3n) is 2.91. The van der Waals surface area contributed by atoms with Gasteiger partial charge in [0.15, 0.2) is 0 Å². The Morgan fingerprint density at radius 1 is 1.47 bits per heavy atom. The average Bonchev–Trinajstić information content (AvgIpc) is 2.36. The lowest BCUT2D eigenvalue weighted by Crippen LogP contribution is -2.38. The molecule has 1 unspecified atom stereocenters. The van der Waals surface area contributed by atoms with Crippen LogP contribution in [0.3, 0.4) is 0 Å². The van der Waals surface area contributed by atoms with Gasteiger partial charge in [0.1, 0.15) is 5.75 Å². The van der Waals surface area contributed by atoms with Crippen molar-refractivity contribution in [2.24, 2.45) is 0 Å². The van der Waals surface area contributed by atoms with Gasteiger partial charge in [-0.05, 0) is 24.1 Å². The number of rotatable bonds is 8. The molecule has 0 spiro atoms. The Bertz CT molecular complexity index is 393. The van der Waals surface area contributed by atoms with Crippen molar-refractivity contribution >= 4 is 5.91 Å². The molecule has 0 aliphatic carbocycles. The SMILES string of the molecule is CCCCC(COC)NC(=O)Cc1cccc(O)c1. The summed E-state index contributed by atoms with van der Waals surface area (Å²) in [6.07, 6.45) is 3.37. The molecule has 1 aromatic rings. The van der Waals surface area contributed by atoms with E-state index in [0.717, 1.165) is 24.8 Å². The van der Waals surface area contributed by atoms with Crippen LogP contribution in [0.5, 0.6) is 5.75 Å². The molecule has 1 atom stereocenters. The first-order chi connectivity index (χ1) is 9.15. The Balaban J connectivity index is 2.47. The van der Waals surface area contributed by atoms with Crippen LogP contribution in [0.15, 0.2) is 24.3 Å². The monoisotopic (exact) mass is 265 g/mol. The Morgan fingerprint density at radius 3 is 2.89 bits per heavy atom. The number of methoxy groups -OCH3 is 1. The molecule has 0 bridgehead atoms. The van der Waals surface area contributed by atoms with Crippen LogP contribution in [-0.2, 0) is 16.0 Å². The molecule has 0 radical (unpaired) electrons. The van der Waals surface area contributed by atoms with E-state index < -0.39 is 0 Å². The number of phenols is 1. The first-order valence-corrected chi connectivity index (χ1v) is 6.72. The van der Waals surface area contributed by atoms with Gasteiger partial charge in [-0.2, -0.15) is 0 Å². The summed E-state index contributed by atoms with van der Waals surface area (Å²) in [5, 5.41) is 12.3. The number of ether oxygens (including phenoxy) is 1. The summed E-state index contributed by atoms with van der Waals surface area (Å²) < 4.78 is 5.12. The summed E-state index contributed by atoms with van der Waals surface area (Å²) in [4.78, 5) is 11.9. The molecule has 106 valence electrons. The smallest absolute Gasteiger partial charge is 0.224 e. The molecule has 4 nitrogen and oxygen atoms in total. The molecule has 0 aliphatic heterocycles. The van der Waals surface area contributed by atoms with E-state index in [0.29, 0.717) is 6.61 Å². The molecule has 0 fully saturated rings. The maximum absolute atomic E-state index is 11.9. The van der Waals surface area contributed by atoms with Crippen LogP contribution in [0.1, 0.15) is 31.7 Å². The molecule has 19 heavy (non-hydrogen) atoms. The van der Waals surface area contributed by atoms with E-state index in [-0.39, 0.29) is 24.1 Å². The van der Waals surface area contributed by atoms with Crippen LogP contribution < -0.4 is 5.32 Å². The second kappa shape index (κ2) is 8.53. The van der Waals surface area contributed by atoms with Gasteiger partial charge in [-0.25, -0.2) is 0 Å². The Labute approximate surface area is 114 Å². The summed E-state index contributed by atoms with van der Waals surface area (Å²) in [5.41, 5.74) is 0.809. The number of phenolic OH excluding ortho intramolecular Hbond substituents is 1. The van der Waals surface area contributed by atoms with Crippen LogP contribution in [-0.4, -0.2) is 30.8 Å². The summed E-state index contributed by atoms with van der Waals surface area (Å²) in [7, 11) is 1.64. The van der Waals surface area contributed by atoms with E-state index in [1.165, 1.54) is 0 Å². The maximum atomic E-state index is 11.9. The fourth-order valence-corrected chi connectivity index (χ4v) is 1.98. The molecule has 0 saturated carbocycles. The lowest BCUT2D eigenvalue weighted by Gasteiger charge is -2.17. The van der Waals surface area contributed by atoms with Gasteiger partial charge in [0.25, 0.3) is 0 Å². The summed E-state index contributed by atoms with van der Waals surface area (Å²) >= 11 is 0. The fraction of sp³-hybridized carbons (Fsp3) is 0.533. The van der Waals surface area contributed by atoms with Crippen LogP contribution in [0, 0.1) is 0 Å². The number of aromatic hydroxyl groups is 1. The number of unbranched alkanes of at least 4 members (excludes halogenated alkanes) is 1. The largest absolute Gasteiger partial charge is 0.508 e. The van der Waals surface area contributed by atoms with Crippen LogP contribution in [0.25, 0.3) is 0 Å². The van der Waals surface area contributed by atoms with E-state index in [1.807, 2.05) is 6.07 Å². The predicted molar refractivity (Wildman–Crippen MR) is 75.1 cm³/mol. The minimum atomic E-state index is -0.0382. The molecule has 0 heterocycles. The third-order valence-corrected chi connectivity index (χ3v) is 2.91. The zero-order valence-corrected chi connectivity index (χ0v) is 11.7. The van der Waals surface area contributed by atoms with Gasteiger partial charge >= 0.3 is 0 Å². The number of benzene rings is 1. The maximum Gasteiger partial charge on any atom is 0.224 e. The zero-order chi connectivity index (χ0) is 14.1. The zero-order valence-electron chi connectivity index (χ0n) is 11.7. The number of amides is 1. The van der Waals surface area contributed by atoms with Gasteiger partial charge in [-0.1, -0.05) is 31.9 Å². The van der Waals surface area contributed by atoms with Crippen LogP contribution in [0.4, 0.5) is 0 Å². The van der Waals surface area contributed by atoms with E-state index in [1.54, 1.807) is 25.3 Å². The van der Waals surface area contributed by atoms with Gasteiger partial charge in [-0.15, -0.1) is 0 Å². The first-order valence-electron chi connectivity index (χ1n) is 6.72. The quantitative estimate of drug-likeness (QED) is 0.758. The lowest BCUT2D eigenvalue weighted by molar-refractivity contribution is -0.121. The Hall–Kier alpha value is -1.55. The Morgan fingerprint density at radius 2 is 2.26 bits per heavy atom. The second-order valence-electron chi connectivity index (χ2n) is 4.71. The predicted octanol–water partition coefficient (Wildman–Crippen LogP) is 2.26. The normalized spacial score (nSPS) is 12.1. The van der Waals surface area contributed by atoms with E-state index in [9.17, 15) is 9.90 Å². The molecule has 4 heteroatoms. The molecule has 2 N–H and O–H groups in total. The van der Waals surface area contributed by atoms with Crippen molar-refractivity contribution in [3.63, 3.8) is 0 Å². The summed E-state index contributed by atoms with van der Waals surface area (Å²) in [6.45, 7) is 2.66. The molecular weight excluding hydrogens is 242 g/mol. The van der Waals surface area contributed by atoms with Crippen molar-refractivity contribution in [3.8, 4) is 5.75 Å². The van der Waals surface area contributed by atoms with Crippen molar-refractivity contribution in [2.75, 3.05) is 13.7 Å². The number of carbonyl (C=O) groups excluding carboxylic acids is 1. The van der Waals surface area contributed by atoms with Gasteiger partial charge < -0.3 is 15.2 Å². The van der Waals surface area contributed by atoms with E-state index in [4.69, 9.17) is 4.74 Å². The highest BCUT2D eigenvalue weighted by molar-refractivity contribution is 5.78. The number of hydrogen-bond donors (Lipinski definition) is 2. The highest BCUT2D eigenvalue weighted by Crippen LogP contribution is 2.11. The van der Waals surface area contributed by atoms with Crippen molar-refractivity contribution in [3.05, 3.63) is 29.8 Å². The second-order valence-corrected chi connectivity index (χ2v) is 4.71. The van der Waals surface area contributed by atoms with Crippen LogP contribution >= 0.6 is 0 Å².